The van der Waals surface area contributed by atoms with Gasteiger partial charge in [0.05, 0.1) is 4.75 Å². The maximum Gasteiger partial charge on any atom is 0.227 e. The Labute approximate surface area is 170 Å². The van der Waals surface area contributed by atoms with E-state index in [9.17, 15) is 13.2 Å². The van der Waals surface area contributed by atoms with E-state index >= 15 is 0 Å². The summed E-state index contributed by atoms with van der Waals surface area (Å²) in [5.41, 5.74) is 2.16. The smallest absolute Gasteiger partial charge is 0.227 e. The van der Waals surface area contributed by atoms with Gasteiger partial charge in [-0.15, -0.1) is 0 Å². The molecule has 1 aromatic carbocycles. The molecule has 2 N–H and O–H groups in total. The van der Waals surface area contributed by atoms with Crippen molar-refractivity contribution >= 4 is 21.6 Å². The molecule has 0 aliphatic heterocycles. The summed E-state index contributed by atoms with van der Waals surface area (Å²) >= 11 is 0. The lowest BCUT2D eigenvalue weighted by atomic mass is 9.81. The summed E-state index contributed by atoms with van der Waals surface area (Å²) in [5.74, 6) is 0.393. The molecule has 0 radical (unpaired) electrons. The van der Waals surface area contributed by atoms with Crippen LogP contribution in [0.1, 0.15) is 71.8 Å². The molecule has 1 saturated carbocycles. The molecule has 0 atom stereocenters. The summed E-state index contributed by atoms with van der Waals surface area (Å²) in [4.78, 5) is 12.6. The fourth-order valence-corrected chi connectivity index (χ4v) is 4.34. The molecule has 1 amide bonds. The van der Waals surface area contributed by atoms with Gasteiger partial charge in [0, 0.05) is 18.2 Å². The maximum atomic E-state index is 12.6. The molecule has 1 fully saturated rings. The Morgan fingerprint density at radius 3 is 2.21 bits per heavy atom. The van der Waals surface area contributed by atoms with Crippen molar-refractivity contribution in [2.45, 2.75) is 77.4 Å². The maximum absolute atomic E-state index is 12.6. The van der Waals surface area contributed by atoms with E-state index in [4.69, 9.17) is 0 Å². The first-order valence-corrected chi connectivity index (χ1v) is 12.0. The summed E-state index contributed by atoms with van der Waals surface area (Å²) in [6, 6.07) is 8.14. The first kappa shape index (κ1) is 22.9. The van der Waals surface area contributed by atoms with Crippen LogP contribution in [0.5, 0.6) is 0 Å². The summed E-state index contributed by atoms with van der Waals surface area (Å²) in [6.45, 7) is 7.75. The van der Waals surface area contributed by atoms with Gasteiger partial charge in [-0.1, -0.05) is 25.5 Å². The standard InChI is InChI=1S/C22H36N2O3S/c1-5-6-7-17-10-14-20(15-11-17)24-21(25)19-12-8-18(9-13-19)16-23-28(26,27)22(2,3)4/h10-11,14-15,18-19,23H,5-9,12-13,16H2,1-4H3,(H,24,25). The van der Waals surface area contributed by atoms with E-state index in [1.54, 1.807) is 20.8 Å². The summed E-state index contributed by atoms with van der Waals surface area (Å²) in [6.07, 6.45) is 6.81. The highest BCUT2D eigenvalue weighted by atomic mass is 32.2. The minimum atomic E-state index is -3.31. The Balaban J connectivity index is 1.77. The van der Waals surface area contributed by atoms with E-state index in [0.29, 0.717) is 12.5 Å². The number of hydrogen-bond donors (Lipinski definition) is 2. The zero-order chi connectivity index (χ0) is 20.8. The summed E-state index contributed by atoms with van der Waals surface area (Å²) in [7, 11) is -3.31. The molecule has 0 heterocycles. The van der Waals surface area contributed by atoms with Crippen molar-refractivity contribution in [3.8, 4) is 0 Å². The lowest BCUT2D eigenvalue weighted by molar-refractivity contribution is -0.121. The molecule has 158 valence electrons. The van der Waals surface area contributed by atoms with Gasteiger partial charge in [0.2, 0.25) is 15.9 Å². The second-order valence-electron chi connectivity index (χ2n) is 8.97. The average Bonchev–Trinajstić information content (AvgIpc) is 2.65. The second kappa shape index (κ2) is 9.88. The monoisotopic (exact) mass is 408 g/mol. The highest BCUT2D eigenvalue weighted by Gasteiger charge is 2.31. The molecule has 0 saturated heterocycles. The number of unbranched alkanes of at least 4 members (excludes halogenated alkanes) is 1. The van der Waals surface area contributed by atoms with E-state index in [0.717, 1.165) is 37.8 Å². The zero-order valence-corrected chi connectivity index (χ0v) is 18.6. The van der Waals surface area contributed by atoms with Gasteiger partial charge in [-0.05, 0) is 82.9 Å². The van der Waals surface area contributed by atoms with Gasteiger partial charge >= 0.3 is 0 Å². The van der Waals surface area contributed by atoms with Crippen LogP contribution in [0.2, 0.25) is 0 Å². The molecule has 5 nitrogen and oxygen atoms in total. The lowest BCUT2D eigenvalue weighted by Gasteiger charge is -2.29. The van der Waals surface area contributed by atoms with Crippen molar-refractivity contribution in [3.05, 3.63) is 29.8 Å². The Kier molecular flexibility index (Phi) is 8.07. The van der Waals surface area contributed by atoms with Gasteiger partial charge in [0.1, 0.15) is 0 Å². The van der Waals surface area contributed by atoms with Gasteiger partial charge in [-0.25, -0.2) is 13.1 Å². The first-order valence-electron chi connectivity index (χ1n) is 10.5. The van der Waals surface area contributed by atoms with Crippen LogP contribution in [0.3, 0.4) is 0 Å². The van der Waals surface area contributed by atoms with Crippen molar-refractivity contribution in [2.24, 2.45) is 11.8 Å². The van der Waals surface area contributed by atoms with Crippen LogP contribution < -0.4 is 10.0 Å². The van der Waals surface area contributed by atoms with Crippen molar-refractivity contribution in [2.75, 3.05) is 11.9 Å². The molecule has 0 unspecified atom stereocenters. The fraction of sp³-hybridized carbons (Fsp3) is 0.682. The van der Waals surface area contributed by atoms with Gasteiger partial charge in [0.15, 0.2) is 0 Å². The van der Waals surface area contributed by atoms with Crippen molar-refractivity contribution in [1.29, 1.82) is 0 Å². The SMILES string of the molecule is CCCCc1ccc(NC(=O)C2CCC(CNS(=O)(=O)C(C)(C)C)CC2)cc1. The molecule has 6 heteroatoms. The number of sulfonamides is 1. The quantitative estimate of drug-likeness (QED) is 0.665. The second-order valence-corrected chi connectivity index (χ2v) is 11.5. The van der Waals surface area contributed by atoms with Crippen LogP contribution in [0.15, 0.2) is 24.3 Å². The van der Waals surface area contributed by atoms with Crippen molar-refractivity contribution in [3.63, 3.8) is 0 Å². The summed E-state index contributed by atoms with van der Waals surface area (Å²) < 4.78 is 26.3. The Bertz CT molecular complexity index is 728. The van der Waals surface area contributed by atoms with E-state index in [-0.39, 0.29) is 11.8 Å². The molecule has 1 aliphatic rings. The van der Waals surface area contributed by atoms with Gasteiger partial charge in [-0.2, -0.15) is 0 Å². The van der Waals surface area contributed by atoms with E-state index in [1.165, 1.54) is 18.4 Å². The minimum Gasteiger partial charge on any atom is -0.326 e. The lowest BCUT2D eigenvalue weighted by Crippen LogP contribution is -2.42. The Morgan fingerprint density at radius 2 is 1.68 bits per heavy atom. The first-order chi connectivity index (χ1) is 13.1. The number of carbonyl (C=O) groups is 1. The molecule has 0 aromatic heterocycles. The molecule has 0 spiro atoms. The highest BCUT2D eigenvalue weighted by molar-refractivity contribution is 7.90. The largest absolute Gasteiger partial charge is 0.326 e. The molecule has 28 heavy (non-hydrogen) atoms. The van der Waals surface area contributed by atoms with E-state index in [1.807, 2.05) is 12.1 Å². The predicted octanol–water partition coefficient (Wildman–Crippen LogP) is 4.49. The van der Waals surface area contributed by atoms with Crippen molar-refractivity contribution < 1.29 is 13.2 Å². The average molecular weight is 409 g/mol. The van der Waals surface area contributed by atoms with E-state index < -0.39 is 14.8 Å². The number of hydrogen-bond acceptors (Lipinski definition) is 3. The molecular formula is C22H36N2O3S. The van der Waals surface area contributed by atoms with E-state index in [2.05, 4.69) is 29.1 Å². The minimum absolute atomic E-state index is 0.00948. The van der Waals surface area contributed by atoms with Crippen LogP contribution in [-0.4, -0.2) is 25.6 Å². The van der Waals surface area contributed by atoms with Gasteiger partial charge < -0.3 is 5.32 Å². The third-order valence-corrected chi connectivity index (χ3v) is 7.79. The molecular weight excluding hydrogens is 372 g/mol. The number of aryl methyl sites for hydroxylation is 1. The Morgan fingerprint density at radius 1 is 1.07 bits per heavy atom. The number of anilines is 1. The highest BCUT2D eigenvalue weighted by Crippen LogP contribution is 2.30. The topological polar surface area (TPSA) is 75.3 Å². The van der Waals surface area contributed by atoms with Crippen LogP contribution in [0, 0.1) is 11.8 Å². The van der Waals surface area contributed by atoms with Crippen LogP contribution in [0.25, 0.3) is 0 Å². The zero-order valence-electron chi connectivity index (χ0n) is 17.8. The van der Waals surface area contributed by atoms with Crippen LogP contribution in [-0.2, 0) is 21.2 Å². The third-order valence-electron chi connectivity index (χ3n) is 5.63. The molecule has 1 aliphatic carbocycles. The number of nitrogens with one attached hydrogen (secondary N) is 2. The fourth-order valence-electron chi connectivity index (χ4n) is 3.45. The summed E-state index contributed by atoms with van der Waals surface area (Å²) in [5, 5.41) is 3.04. The third kappa shape index (κ3) is 6.59. The normalized spacial score (nSPS) is 20.7. The molecule has 0 bridgehead atoms. The Hall–Kier alpha value is -1.40. The predicted molar refractivity (Wildman–Crippen MR) is 116 cm³/mol. The number of amides is 1. The number of carbonyl (C=O) groups excluding carboxylic acids is 1. The van der Waals surface area contributed by atoms with Crippen molar-refractivity contribution in [1.82, 2.24) is 4.72 Å². The molecule has 1 aromatic rings. The van der Waals surface area contributed by atoms with Crippen LogP contribution in [0.4, 0.5) is 5.69 Å². The van der Waals surface area contributed by atoms with Crippen LogP contribution >= 0.6 is 0 Å². The molecule has 2 rings (SSSR count). The van der Waals surface area contributed by atoms with Gasteiger partial charge in [0.25, 0.3) is 0 Å². The number of benzene rings is 1. The van der Waals surface area contributed by atoms with Gasteiger partial charge in [-0.3, -0.25) is 4.79 Å². The number of rotatable bonds is 8.